The van der Waals surface area contributed by atoms with Gasteiger partial charge in [0.2, 0.25) is 0 Å². The van der Waals surface area contributed by atoms with Gasteiger partial charge in [-0.2, -0.15) is 13.2 Å². The zero-order chi connectivity index (χ0) is 18.7. The SMILES string of the molecule is O=C(CN1Cc2nc(C(F)(F)F)ccc2NC1=O)OCc1ccccc1. The second kappa shape index (κ2) is 7.03. The minimum Gasteiger partial charge on any atom is -0.459 e. The number of hydrogen-bond donors (Lipinski definition) is 1. The minimum absolute atomic E-state index is 0.0373. The van der Waals surface area contributed by atoms with E-state index in [1.165, 1.54) is 0 Å². The van der Waals surface area contributed by atoms with Crippen LogP contribution >= 0.6 is 0 Å². The van der Waals surface area contributed by atoms with Crippen LogP contribution in [-0.4, -0.2) is 28.4 Å². The van der Waals surface area contributed by atoms with Crippen LogP contribution in [0.5, 0.6) is 0 Å². The molecule has 3 rings (SSSR count). The van der Waals surface area contributed by atoms with Crippen molar-refractivity contribution in [3.8, 4) is 0 Å². The molecule has 0 aliphatic carbocycles. The standard InChI is InChI=1S/C17H14F3N3O3/c18-17(19,20)14-7-6-12-13(21-14)8-23(16(25)22-12)9-15(24)26-10-11-4-2-1-3-5-11/h1-7H,8-10H2,(H,22,25). The number of carbonyl (C=O) groups excluding carboxylic acids is 2. The first-order valence-corrected chi connectivity index (χ1v) is 7.65. The average Bonchev–Trinajstić information content (AvgIpc) is 2.60. The molecule has 0 bridgehead atoms. The summed E-state index contributed by atoms with van der Waals surface area (Å²) in [6.07, 6.45) is -4.59. The predicted molar refractivity (Wildman–Crippen MR) is 84.9 cm³/mol. The molecule has 0 fully saturated rings. The molecule has 0 saturated carbocycles. The fraction of sp³-hybridized carbons (Fsp3) is 0.235. The van der Waals surface area contributed by atoms with Gasteiger partial charge in [0.1, 0.15) is 18.8 Å². The van der Waals surface area contributed by atoms with Crippen LogP contribution in [0.3, 0.4) is 0 Å². The number of nitrogens with one attached hydrogen (secondary N) is 1. The van der Waals surface area contributed by atoms with Gasteiger partial charge < -0.3 is 15.0 Å². The van der Waals surface area contributed by atoms with E-state index >= 15 is 0 Å². The number of anilines is 1. The molecule has 1 aromatic carbocycles. The predicted octanol–water partition coefficient (Wildman–Crippen LogP) is 3.19. The normalized spacial score (nSPS) is 13.8. The van der Waals surface area contributed by atoms with E-state index in [2.05, 4.69) is 10.3 Å². The van der Waals surface area contributed by atoms with E-state index in [1.807, 2.05) is 6.07 Å². The van der Waals surface area contributed by atoms with Crippen LogP contribution in [0.1, 0.15) is 17.0 Å². The lowest BCUT2D eigenvalue weighted by atomic mass is 10.2. The number of benzene rings is 1. The number of pyridine rings is 1. The Balaban J connectivity index is 1.64. The smallest absolute Gasteiger partial charge is 0.433 e. The molecule has 9 heteroatoms. The number of esters is 1. The zero-order valence-electron chi connectivity index (χ0n) is 13.4. The second-order valence-electron chi connectivity index (χ2n) is 5.62. The zero-order valence-corrected chi connectivity index (χ0v) is 13.4. The summed E-state index contributed by atoms with van der Waals surface area (Å²) in [7, 11) is 0. The lowest BCUT2D eigenvalue weighted by molar-refractivity contribution is -0.146. The summed E-state index contributed by atoms with van der Waals surface area (Å²) in [5.74, 6) is -0.667. The molecule has 2 heterocycles. The molecule has 1 N–H and O–H groups in total. The largest absolute Gasteiger partial charge is 0.459 e. The molecule has 6 nitrogen and oxygen atoms in total. The summed E-state index contributed by atoms with van der Waals surface area (Å²) < 4.78 is 43.4. The van der Waals surface area contributed by atoms with Gasteiger partial charge in [-0.1, -0.05) is 30.3 Å². The number of urea groups is 1. The van der Waals surface area contributed by atoms with E-state index < -0.39 is 30.4 Å². The van der Waals surface area contributed by atoms with Gasteiger partial charge in [-0.05, 0) is 17.7 Å². The van der Waals surface area contributed by atoms with E-state index in [1.54, 1.807) is 24.3 Å². The van der Waals surface area contributed by atoms with E-state index in [0.29, 0.717) is 0 Å². The molecule has 0 saturated heterocycles. The van der Waals surface area contributed by atoms with E-state index in [9.17, 15) is 22.8 Å². The third-order valence-electron chi connectivity index (χ3n) is 3.70. The lowest BCUT2D eigenvalue weighted by Crippen LogP contribution is -2.42. The Morgan fingerprint density at radius 1 is 1.19 bits per heavy atom. The van der Waals surface area contributed by atoms with E-state index in [-0.39, 0.29) is 24.5 Å². The summed E-state index contributed by atoms with van der Waals surface area (Å²) in [5, 5.41) is 2.42. The highest BCUT2D eigenvalue weighted by Crippen LogP contribution is 2.31. The molecule has 0 radical (unpaired) electrons. The van der Waals surface area contributed by atoms with Crippen LogP contribution in [0.2, 0.25) is 0 Å². The first-order valence-electron chi connectivity index (χ1n) is 7.65. The number of ether oxygens (including phenoxy) is 1. The molecule has 1 aliphatic rings. The second-order valence-corrected chi connectivity index (χ2v) is 5.62. The first kappa shape index (κ1) is 17.7. The maximum absolute atomic E-state index is 12.8. The van der Waals surface area contributed by atoms with Crippen molar-refractivity contribution in [2.75, 3.05) is 11.9 Å². The van der Waals surface area contributed by atoms with Crippen molar-refractivity contribution in [2.45, 2.75) is 19.3 Å². The van der Waals surface area contributed by atoms with Crippen molar-refractivity contribution in [1.82, 2.24) is 9.88 Å². The van der Waals surface area contributed by atoms with Crippen LogP contribution in [0.4, 0.5) is 23.7 Å². The number of alkyl halides is 3. The maximum Gasteiger partial charge on any atom is 0.433 e. The van der Waals surface area contributed by atoms with Crippen molar-refractivity contribution >= 4 is 17.7 Å². The van der Waals surface area contributed by atoms with Crippen LogP contribution in [0.25, 0.3) is 0 Å². The van der Waals surface area contributed by atoms with Gasteiger partial charge in [0.15, 0.2) is 0 Å². The minimum atomic E-state index is -4.59. The third-order valence-corrected chi connectivity index (χ3v) is 3.70. The number of rotatable bonds is 4. The van der Waals surface area contributed by atoms with Gasteiger partial charge in [0, 0.05) is 0 Å². The van der Waals surface area contributed by atoms with Crippen molar-refractivity contribution < 1.29 is 27.5 Å². The number of aromatic nitrogens is 1. The molecule has 0 atom stereocenters. The first-order chi connectivity index (χ1) is 12.3. The summed E-state index contributed by atoms with van der Waals surface area (Å²) in [4.78, 5) is 28.5. The number of halogens is 3. The third kappa shape index (κ3) is 4.11. The molecular weight excluding hydrogens is 351 g/mol. The summed E-state index contributed by atoms with van der Waals surface area (Å²) in [5.41, 5.74) is -0.0445. The van der Waals surface area contributed by atoms with Crippen LogP contribution < -0.4 is 5.32 Å². The summed E-state index contributed by atoms with van der Waals surface area (Å²) in [6.45, 7) is -0.566. The Kier molecular flexibility index (Phi) is 4.79. The highest BCUT2D eigenvalue weighted by Gasteiger charge is 2.34. The molecule has 1 aliphatic heterocycles. The molecule has 0 spiro atoms. The van der Waals surface area contributed by atoms with Gasteiger partial charge >= 0.3 is 18.2 Å². The molecule has 2 amide bonds. The highest BCUT2D eigenvalue weighted by atomic mass is 19.4. The molecule has 2 aromatic rings. The Labute approximate surface area is 146 Å². The molecule has 136 valence electrons. The van der Waals surface area contributed by atoms with Crippen molar-refractivity contribution in [1.29, 1.82) is 0 Å². The Bertz CT molecular complexity index is 825. The van der Waals surface area contributed by atoms with Crippen molar-refractivity contribution in [3.63, 3.8) is 0 Å². The van der Waals surface area contributed by atoms with Crippen molar-refractivity contribution in [2.24, 2.45) is 0 Å². The highest BCUT2D eigenvalue weighted by molar-refractivity contribution is 5.93. The van der Waals surface area contributed by atoms with Crippen LogP contribution in [-0.2, 0) is 28.9 Å². The number of fused-ring (bicyclic) bond motifs is 1. The fourth-order valence-corrected chi connectivity index (χ4v) is 2.41. The van der Waals surface area contributed by atoms with Crippen molar-refractivity contribution in [3.05, 3.63) is 59.4 Å². The van der Waals surface area contributed by atoms with Gasteiger partial charge in [-0.25, -0.2) is 9.78 Å². The van der Waals surface area contributed by atoms with E-state index in [0.717, 1.165) is 22.6 Å². The monoisotopic (exact) mass is 365 g/mol. The quantitative estimate of drug-likeness (QED) is 0.845. The van der Waals surface area contributed by atoms with Gasteiger partial charge in [0.05, 0.1) is 17.9 Å². The summed E-state index contributed by atoms with van der Waals surface area (Å²) in [6, 6.07) is 10.3. The Hall–Kier alpha value is -3.10. The fourth-order valence-electron chi connectivity index (χ4n) is 2.41. The van der Waals surface area contributed by atoms with E-state index in [4.69, 9.17) is 4.74 Å². The Morgan fingerprint density at radius 2 is 1.92 bits per heavy atom. The maximum atomic E-state index is 12.8. The average molecular weight is 365 g/mol. The molecule has 26 heavy (non-hydrogen) atoms. The van der Waals surface area contributed by atoms with Gasteiger partial charge in [-0.3, -0.25) is 4.79 Å². The van der Waals surface area contributed by atoms with Gasteiger partial charge in [-0.15, -0.1) is 0 Å². The van der Waals surface area contributed by atoms with Crippen LogP contribution in [0, 0.1) is 0 Å². The molecular formula is C17H14F3N3O3. The lowest BCUT2D eigenvalue weighted by Gasteiger charge is -2.28. The summed E-state index contributed by atoms with van der Waals surface area (Å²) >= 11 is 0. The Morgan fingerprint density at radius 3 is 2.62 bits per heavy atom. The molecule has 0 unspecified atom stereocenters. The topological polar surface area (TPSA) is 71.5 Å². The van der Waals surface area contributed by atoms with Crippen LogP contribution in [0.15, 0.2) is 42.5 Å². The number of hydrogen-bond acceptors (Lipinski definition) is 4. The molecule has 1 aromatic heterocycles. The van der Waals surface area contributed by atoms with Gasteiger partial charge in [0.25, 0.3) is 0 Å². The number of nitrogens with zero attached hydrogens (tertiary/aromatic N) is 2. The number of amides is 2. The number of carbonyl (C=O) groups is 2.